The summed E-state index contributed by atoms with van der Waals surface area (Å²) in [5.41, 5.74) is 6.02. The van der Waals surface area contributed by atoms with Gasteiger partial charge in [-0.1, -0.05) is 12.1 Å². The van der Waals surface area contributed by atoms with Gasteiger partial charge in [0.25, 0.3) is 0 Å². The van der Waals surface area contributed by atoms with Crippen LogP contribution in [0, 0.1) is 11.2 Å². The van der Waals surface area contributed by atoms with E-state index in [0.717, 1.165) is 18.9 Å². The molecule has 2 aromatic rings. The number of morpholine rings is 1. The van der Waals surface area contributed by atoms with Crippen molar-refractivity contribution in [1.82, 2.24) is 9.97 Å². The zero-order valence-corrected chi connectivity index (χ0v) is 14.7. The van der Waals surface area contributed by atoms with Crippen LogP contribution in [-0.4, -0.2) is 48.1 Å². The first-order chi connectivity index (χ1) is 13.0. The van der Waals surface area contributed by atoms with Gasteiger partial charge in [0.2, 0.25) is 0 Å². The van der Waals surface area contributed by atoms with Crippen molar-refractivity contribution in [3.8, 4) is 11.3 Å². The van der Waals surface area contributed by atoms with Crippen LogP contribution in [0.25, 0.3) is 11.3 Å². The molecule has 1 aromatic heterocycles. The number of hydrogen-bond acceptors (Lipinski definition) is 7. The molecule has 3 rings (SSSR count). The van der Waals surface area contributed by atoms with Gasteiger partial charge in [0, 0.05) is 24.2 Å². The fraction of sp³-hybridized carbons (Fsp3) is 0.333. The predicted octanol–water partition coefficient (Wildman–Crippen LogP) is 1.49. The number of nitrogens with one attached hydrogen (secondary N) is 1. The van der Waals surface area contributed by atoms with Gasteiger partial charge in [-0.2, -0.15) is 0 Å². The summed E-state index contributed by atoms with van der Waals surface area (Å²) in [7, 11) is 0. The van der Waals surface area contributed by atoms with Crippen molar-refractivity contribution in [3.05, 3.63) is 42.0 Å². The third-order valence-corrected chi connectivity index (χ3v) is 4.05. The predicted molar refractivity (Wildman–Crippen MR) is 96.8 cm³/mol. The highest BCUT2D eigenvalue weighted by Gasteiger charge is 2.16. The second-order valence-electron chi connectivity index (χ2n) is 6.00. The summed E-state index contributed by atoms with van der Waals surface area (Å²) < 4.78 is 25.0. The van der Waals surface area contributed by atoms with Gasteiger partial charge in [-0.3, -0.25) is 15.2 Å². The van der Waals surface area contributed by atoms with Crippen LogP contribution in [0.1, 0.15) is 12.0 Å². The fourth-order valence-corrected chi connectivity index (χ4v) is 2.67. The summed E-state index contributed by atoms with van der Waals surface area (Å²) in [6, 6.07) is 4.77. The number of carbonyl (C=O) groups excluding carboxylic acids is 1. The van der Waals surface area contributed by atoms with Crippen LogP contribution in [0.4, 0.5) is 10.2 Å². The lowest BCUT2D eigenvalue weighted by Gasteiger charge is -2.27. The zero-order valence-electron chi connectivity index (χ0n) is 14.7. The SMILES string of the molecule is N=C(N)CC(=O)OCc1cccc(-c2cnc(N3CCOCC3)cn2)c1F. The molecule has 0 unspecified atom stereocenters. The number of aromatic nitrogens is 2. The minimum atomic E-state index is -0.679. The maximum Gasteiger partial charge on any atom is 0.313 e. The highest BCUT2D eigenvalue weighted by atomic mass is 19.1. The maximum atomic E-state index is 14.8. The molecule has 2 heterocycles. The van der Waals surface area contributed by atoms with Crippen molar-refractivity contribution in [2.45, 2.75) is 13.0 Å². The van der Waals surface area contributed by atoms with Crippen molar-refractivity contribution in [2.24, 2.45) is 5.73 Å². The molecule has 1 aromatic carbocycles. The Balaban J connectivity index is 1.73. The maximum absolute atomic E-state index is 14.8. The largest absolute Gasteiger partial charge is 0.460 e. The van der Waals surface area contributed by atoms with Gasteiger partial charge in [-0.15, -0.1) is 0 Å². The summed E-state index contributed by atoms with van der Waals surface area (Å²) in [5.74, 6) is -0.787. The van der Waals surface area contributed by atoms with E-state index in [0.29, 0.717) is 18.9 Å². The minimum Gasteiger partial charge on any atom is -0.460 e. The van der Waals surface area contributed by atoms with E-state index in [2.05, 4.69) is 14.9 Å². The van der Waals surface area contributed by atoms with Gasteiger partial charge in [0.05, 0.1) is 31.3 Å². The molecule has 3 N–H and O–H groups in total. The quantitative estimate of drug-likeness (QED) is 0.448. The number of benzene rings is 1. The van der Waals surface area contributed by atoms with E-state index < -0.39 is 11.8 Å². The van der Waals surface area contributed by atoms with Crippen LogP contribution in [0.5, 0.6) is 0 Å². The molecular weight excluding hydrogens is 353 g/mol. The van der Waals surface area contributed by atoms with E-state index >= 15 is 0 Å². The molecule has 1 aliphatic rings. The van der Waals surface area contributed by atoms with Crippen molar-refractivity contribution >= 4 is 17.6 Å². The average molecular weight is 373 g/mol. The van der Waals surface area contributed by atoms with E-state index in [1.807, 2.05) is 0 Å². The number of amidine groups is 1. The zero-order chi connectivity index (χ0) is 19.2. The minimum absolute atomic E-state index is 0.212. The Labute approximate surface area is 155 Å². The molecular formula is C18H20FN5O3. The van der Waals surface area contributed by atoms with Crippen molar-refractivity contribution < 1.29 is 18.7 Å². The number of hydrogen-bond donors (Lipinski definition) is 2. The Morgan fingerprint density at radius 1 is 1.30 bits per heavy atom. The Morgan fingerprint density at radius 3 is 2.74 bits per heavy atom. The van der Waals surface area contributed by atoms with Crippen LogP contribution >= 0.6 is 0 Å². The van der Waals surface area contributed by atoms with Gasteiger partial charge in [0.1, 0.15) is 30.5 Å². The van der Waals surface area contributed by atoms with Gasteiger partial charge in [-0.25, -0.2) is 9.37 Å². The number of rotatable bonds is 6. The topological polar surface area (TPSA) is 114 Å². The molecule has 8 nitrogen and oxygen atoms in total. The molecule has 27 heavy (non-hydrogen) atoms. The monoisotopic (exact) mass is 373 g/mol. The number of nitrogens with two attached hydrogens (primary N) is 1. The van der Waals surface area contributed by atoms with E-state index in [1.165, 1.54) is 12.3 Å². The highest BCUT2D eigenvalue weighted by molar-refractivity contribution is 5.94. The molecule has 142 valence electrons. The van der Waals surface area contributed by atoms with Crippen molar-refractivity contribution in [3.63, 3.8) is 0 Å². The Hall–Kier alpha value is -3.07. The average Bonchev–Trinajstić information content (AvgIpc) is 2.67. The van der Waals surface area contributed by atoms with E-state index in [4.69, 9.17) is 20.6 Å². The molecule has 1 fully saturated rings. The first kappa shape index (κ1) is 18.7. The Kier molecular flexibility index (Phi) is 5.92. The summed E-state index contributed by atoms with van der Waals surface area (Å²) in [5, 5.41) is 7.07. The first-order valence-electron chi connectivity index (χ1n) is 8.45. The van der Waals surface area contributed by atoms with Gasteiger partial charge in [0.15, 0.2) is 0 Å². The molecule has 0 aliphatic carbocycles. The second-order valence-corrected chi connectivity index (χ2v) is 6.00. The number of ether oxygens (including phenoxy) is 2. The molecule has 0 radical (unpaired) electrons. The van der Waals surface area contributed by atoms with Crippen LogP contribution in [0.3, 0.4) is 0 Å². The number of esters is 1. The summed E-state index contributed by atoms with van der Waals surface area (Å²) in [6.07, 6.45) is 2.81. The third-order valence-electron chi connectivity index (χ3n) is 4.05. The van der Waals surface area contributed by atoms with Gasteiger partial charge < -0.3 is 20.1 Å². The third kappa shape index (κ3) is 4.76. The lowest BCUT2D eigenvalue weighted by molar-refractivity contribution is -0.143. The van der Waals surface area contributed by atoms with Crippen molar-refractivity contribution in [1.29, 1.82) is 5.41 Å². The molecule has 9 heteroatoms. The molecule has 0 saturated carbocycles. The lowest BCUT2D eigenvalue weighted by atomic mass is 10.1. The Morgan fingerprint density at radius 2 is 2.07 bits per heavy atom. The summed E-state index contributed by atoms with van der Waals surface area (Å²) >= 11 is 0. The summed E-state index contributed by atoms with van der Waals surface area (Å²) in [6.45, 7) is 2.52. The summed E-state index contributed by atoms with van der Waals surface area (Å²) in [4.78, 5) is 22.2. The van der Waals surface area contributed by atoms with Gasteiger partial charge in [-0.05, 0) is 6.07 Å². The van der Waals surface area contributed by atoms with Crippen LogP contribution < -0.4 is 10.6 Å². The highest BCUT2D eigenvalue weighted by Crippen LogP contribution is 2.24. The number of anilines is 1. The first-order valence-corrected chi connectivity index (χ1v) is 8.45. The molecule has 0 bridgehead atoms. The van der Waals surface area contributed by atoms with E-state index in [9.17, 15) is 9.18 Å². The van der Waals surface area contributed by atoms with Gasteiger partial charge >= 0.3 is 5.97 Å². The molecule has 0 atom stereocenters. The van der Waals surface area contributed by atoms with E-state index in [-0.39, 0.29) is 30.0 Å². The normalized spacial score (nSPS) is 14.0. The number of halogens is 1. The lowest BCUT2D eigenvalue weighted by Crippen LogP contribution is -2.36. The molecule has 0 spiro atoms. The fourth-order valence-electron chi connectivity index (χ4n) is 2.67. The molecule has 0 amide bonds. The van der Waals surface area contributed by atoms with E-state index in [1.54, 1.807) is 18.3 Å². The smallest absolute Gasteiger partial charge is 0.313 e. The second kappa shape index (κ2) is 8.54. The standard InChI is InChI=1S/C18H20FN5O3/c19-18-12(11-27-17(25)8-15(20)21)2-1-3-13(18)14-9-23-16(10-22-14)24-4-6-26-7-5-24/h1-3,9-10H,4-8,11H2,(H3,20,21). The molecule has 1 aliphatic heterocycles. The van der Waals surface area contributed by atoms with Crippen LogP contribution in [0.2, 0.25) is 0 Å². The molecule has 1 saturated heterocycles. The van der Waals surface area contributed by atoms with Crippen LogP contribution in [-0.2, 0) is 20.9 Å². The number of nitrogens with zero attached hydrogens (tertiary/aromatic N) is 3. The number of carbonyl (C=O) groups is 1. The Bertz CT molecular complexity index is 822. The van der Waals surface area contributed by atoms with Crippen molar-refractivity contribution in [2.75, 3.05) is 31.2 Å². The van der Waals surface area contributed by atoms with Crippen LogP contribution in [0.15, 0.2) is 30.6 Å².